The first-order chi connectivity index (χ1) is 9.35. The lowest BCUT2D eigenvalue weighted by atomic mass is 10.1. The van der Waals surface area contributed by atoms with E-state index in [0.29, 0.717) is 5.56 Å². The number of thiophene rings is 1. The highest BCUT2D eigenvalue weighted by Gasteiger charge is 2.23. The molecular formula is C13H17NO5S. The van der Waals surface area contributed by atoms with Crippen LogP contribution in [0.4, 0.5) is 0 Å². The molecule has 0 radical (unpaired) electrons. The van der Waals surface area contributed by atoms with Gasteiger partial charge in [0.1, 0.15) is 6.04 Å². The van der Waals surface area contributed by atoms with Gasteiger partial charge >= 0.3 is 11.9 Å². The fourth-order valence-electron chi connectivity index (χ4n) is 1.71. The number of hydrogen-bond donors (Lipinski definition) is 2. The smallest absolute Gasteiger partial charge is 0.326 e. The molecule has 1 amide bonds. The average molecular weight is 299 g/mol. The van der Waals surface area contributed by atoms with E-state index in [2.05, 4.69) is 10.1 Å². The zero-order chi connectivity index (χ0) is 15.3. The minimum Gasteiger partial charge on any atom is -0.480 e. The molecule has 0 aliphatic carbocycles. The van der Waals surface area contributed by atoms with Gasteiger partial charge in [0.15, 0.2) is 0 Å². The fourth-order valence-corrected chi connectivity index (χ4v) is 2.64. The van der Waals surface area contributed by atoms with Crippen LogP contribution >= 0.6 is 11.3 Å². The Bertz CT molecular complexity index is 523. The molecule has 1 rings (SSSR count). The maximum absolute atomic E-state index is 12.0. The van der Waals surface area contributed by atoms with Crippen LogP contribution in [0.25, 0.3) is 0 Å². The highest BCUT2D eigenvalue weighted by atomic mass is 32.1. The topological polar surface area (TPSA) is 92.7 Å². The van der Waals surface area contributed by atoms with Crippen LogP contribution in [0.5, 0.6) is 0 Å². The number of hydrogen-bond acceptors (Lipinski definition) is 5. The van der Waals surface area contributed by atoms with E-state index in [-0.39, 0.29) is 12.8 Å². The molecule has 0 bridgehead atoms. The SMILES string of the molecule is COC(=O)CC[C@H](NC(=O)c1cc(C)sc1C)C(=O)O. The van der Waals surface area contributed by atoms with E-state index in [1.165, 1.54) is 18.4 Å². The van der Waals surface area contributed by atoms with Gasteiger partial charge in [-0.25, -0.2) is 4.79 Å². The number of aliphatic carboxylic acids is 1. The lowest BCUT2D eigenvalue weighted by molar-refractivity contribution is -0.142. The number of aryl methyl sites for hydroxylation is 2. The van der Waals surface area contributed by atoms with Gasteiger partial charge < -0.3 is 15.2 Å². The Morgan fingerprint density at radius 1 is 1.40 bits per heavy atom. The van der Waals surface area contributed by atoms with Crippen molar-refractivity contribution in [1.29, 1.82) is 0 Å². The van der Waals surface area contributed by atoms with Crippen LogP contribution in [0, 0.1) is 13.8 Å². The number of carbonyl (C=O) groups is 3. The second-order valence-electron chi connectivity index (χ2n) is 4.31. The largest absolute Gasteiger partial charge is 0.480 e. The predicted molar refractivity (Wildman–Crippen MR) is 73.9 cm³/mol. The Morgan fingerprint density at radius 3 is 2.50 bits per heavy atom. The molecule has 0 saturated heterocycles. The van der Waals surface area contributed by atoms with E-state index < -0.39 is 23.9 Å². The second kappa shape index (κ2) is 7.04. The monoisotopic (exact) mass is 299 g/mol. The minimum absolute atomic E-state index is 0.00405. The van der Waals surface area contributed by atoms with Crippen molar-refractivity contribution in [2.75, 3.05) is 7.11 Å². The number of carboxylic acids is 1. The van der Waals surface area contributed by atoms with Gasteiger partial charge in [0, 0.05) is 16.2 Å². The molecule has 1 atom stereocenters. The summed E-state index contributed by atoms with van der Waals surface area (Å²) in [6, 6.07) is 0.607. The van der Waals surface area contributed by atoms with Gasteiger partial charge in [0.2, 0.25) is 0 Å². The maximum atomic E-state index is 12.0. The van der Waals surface area contributed by atoms with Crippen molar-refractivity contribution in [3.8, 4) is 0 Å². The Hall–Kier alpha value is -1.89. The molecule has 0 unspecified atom stereocenters. The number of carbonyl (C=O) groups excluding carboxylic acids is 2. The van der Waals surface area contributed by atoms with Crippen LogP contribution in [0.3, 0.4) is 0 Å². The highest BCUT2D eigenvalue weighted by molar-refractivity contribution is 7.12. The molecule has 110 valence electrons. The van der Waals surface area contributed by atoms with E-state index >= 15 is 0 Å². The molecule has 20 heavy (non-hydrogen) atoms. The molecule has 7 heteroatoms. The van der Waals surface area contributed by atoms with E-state index in [9.17, 15) is 14.4 Å². The number of amides is 1. The van der Waals surface area contributed by atoms with E-state index in [1.807, 2.05) is 6.92 Å². The molecule has 0 saturated carbocycles. The Morgan fingerprint density at radius 2 is 2.05 bits per heavy atom. The van der Waals surface area contributed by atoms with Crippen molar-refractivity contribution in [2.45, 2.75) is 32.7 Å². The van der Waals surface area contributed by atoms with Gasteiger partial charge in [0.05, 0.1) is 12.7 Å². The molecule has 0 fully saturated rings. The number of esters is 1. The average Bonchev–Trinajstić information content (AvgIpc) is 2.72. The summed E-state index contributed by atoms with van der Waals surface area (Å²) in [6.45, 7) is 3.68. The van der Waals surface area contributed by atoms with Crippen LogP contribution in [0.2, 0.25) is 0 Å². The number of rotatable bonds is 6. The molecule has 6 nitrogen and oxygen atoms in total. The molecule has 0 spiro atoms. The van der Waals surface area contributed by atoms with Crippen LogP contribution in [-0.4, -0.2) is 36.1 Å². The van der Waals surface area contributed by atoms with E-state index in [4.69, 9.17) is 5.11 Å². The van der Waals surface area contributed by atoms with E-state index in [1.54, 1.807) is 13.0 Å². The van der Waals surface area contributed by atoms with Gasteiger partial charge in [-0.05, 0) is 26.3 Å². The number of ether oxygens (including phenoxy) is 1. The Kier molecular flexibility index (Phi) is 5.69. The lowest BCUT2D eigenvalue weighted by Gasteiger charge is -2.13. The molecule has 1 aromatic rings. The summed E-state index contributed by atoms with van der Waals surface area (Å²) in [5.74, 6) is -2.12. The zero-order valence-electron chi connectivity index (χ0n) is 11.6. The van der Waals surface area contributed by atoms with Crippen molar-refractivity contribution < 1.29 is 24.2 Å². The predicted octanol–water partition coefficient (Wildman–Crippen LogP) is 1.50. The zero-order valence-corrected chi connectivity index (χ0v) is 12.4. The van der Waals surface area contributed by atoms with Crippen LogP contribution in [-0.2, 0) is 14.3 Å². The molecule has 2 N–H and O–H groups in total. The summed E-state index contributed by atoms with van der Waals surface area (Å²) < 4.78 is 4.45. The van der Waals surface area contributed by atoms with Crippen molar-refractivity contribution in [1.82, 2.24) is 5.32 Å². The summed E-state index contributed by atoms with van der Waals surface area (Å²) in [4.78, 5) is 36.0. The third-order valence-electron chi connectivity index (χ3n) is 2.75. The quantitative estimate of drug-likeness (QED) is 0.777. The highest BCUT2D eigenvalue weighted by Crippen LogP contribution is 2.20. The summed E-state index contributed by atoms with van der Waals surface area (Å²) in [6.07, 6.45) is -0.0642. The fraction of sp³-hybridized carbons (Fsp3) is 0.462. The Balaban J connectivity index is 2.70. The first kappa shape index (κ1) is 16.2. The molecular weight excluding hydrogens is 282 g/mol. The lowest BCUT2D eigenvalue weighted by Crippen LogP contribution is -2.41. The molecule has 1 aromatic heterocycles. The van der Waals surface area contributed by atoms with Gasteiger partial charge in [-0.3, -0.25) is 9.59 Å². The van der Waals surface area contributed by atoms with Crippen molar-refractivity contribution in [3.63, 3.8) is 0 Å². The molecule has 0 aliphatic heterocycles. The summed E-state index contributed by atoms with van der Waals surface area (Å²) in [5.41, 5.74) is 0.469. The molecule has 0 aromatic carbocycles. The van der Waals surface area contributed by atoms with E-state index in [0.717, 1.165) is 9.75 Å². The standard InChI is InChI=1S/C13H17NO5S/c1-7-6-9(8(2)20-7)12(16)14-10(13(17)18)4-5-11(15)19-3/h6,10H,4-5H2,1-3H3,(H,14,16)(H,17,18)/t10-/m0/s1. The van der Waals surface area contributed by atoms with Crippen molar-refractivity contribution in [2.24, 2.45) is 0 Å². The normalized spacial score (nSPS) is 11.8. The van der Waals surface area contributed by atoms with Gasteiger partial charge in [-0.2, -0.15) is 0 Å². The van der Waals surface area contributed by atoms with Crippen molar-refractivity contribution in [3.05, 3.63) is 21.4 Å². The third kappa shape index (κ3) is 4.34. The third-order valence-corrected chi connectivity index (χ3v) is 3.72. The van der Waals surface area contributed by atoms with Gasteiger partial charge in [-0.15, -0.1) is 11.3 Å². The van der Waals surface area contributed by atoms with Crippen LogP contribution in [0.1, 0.15) is 33.0 Å². The summed E-state index contributed by atoms with van der Waals surface area (Å²) >= 11 is 1.47. The molecule has 1 heterocycles. The summed E-state index contributed by atoms with van der Waals surface area (Å²) in [5, 5.41) is 11.5. The Labute approximate surface area is 120 Å². The number of methoxy groups -OCH3 is 1. The number of carboxylic acid groups (broad SMARTS) is 1. The van der Waals surface area contributed by atoms with Crippen LogP contribution < -0.4 is 5.32 Å². The first-order valence-corrected chi connectivity index (χ1v) is 6.84. The minimum atomic E-state index is -1.17. The van der Waals surface area contributed by atoms with Crippen molar-refractivity contribution >= 4 is 29.2 Å². The summed E-state index contributed by atoms with van der Waals surface area (Å²) in [7, 11) is 1.23. The van der Waals surface area contributed by atoms with Crippen LogP contribution in [0.15, 0.2) is 6.07 Å². The van der Waals surface area contributed by atoms with Gasteiger partial charge in [0.25, 0.3) is 5.91 Å². The first-order valence-electron chi connectivity index (χ1n) is 6.02. The molecule has 0 aliphatic rings. The van der Waals surface area contributed by atoms with Gasteiger partial charge in [-0.1, -0.05) is 0 Å². The maximum Gasteiger partial charge on any atom is 0.326 e. The second-order valence-corrected chi connectivity index (χ2v) is 5.77. The number of nitrogens with one attached hydrogen (secondary N) is 1.